The Kier molecular flexibility index (Phi) is 4.61. The molecule has 0 aliphatic heterocycles. The third-order valence-electron chi connectivity index (χ3n) is 2.75. The van der Waals surface area contributed by atoms with Crippen LogP contribution in [0.2, 0.25) is 0 Å². The van der Waals surface area contributed by atoms with Gasteiger partial charge < -0.3 is 10.5 Å². The fraction of sp³-hybridized carbons (Fsp3) is 0.154. The lowest BCUT2D eigenvalue weighted by Gasteiger charge is -2.10. The van der Waals surface area contributed by atoms with Gasteiger partial charge in [-0.25, -0.2) is 17.9 Å². The molecule has 2 aromatic rings. The summed E-state index contributed by atoms with van der Waals surface area (Å²) in [5.74, 6) is -0.731. The molecule has 1 aromatic heterocycles. The quantitative estimate of drug-likeness (QED) is 0.642. The summed E-state index contributed by atoms with van der Waals surface area (Å²) in [6, 6.07) is 5.83. The van der Waals surface area contributed by atoms with E-state index >= 15 is 0 Å². The Morgan fingerprint density at radius 2 is 2.14 bits per heavy atom. The molecule has 0 saturated carbocycles. The Morgan fingerprint density at radius 3 is 2.76 bits per heavy atom. The summed E-state index contributed by atoms with van der Waals surface area (Å²) in [7, 11) is -2.68. The minimum atomic E-state index is -3.87. The van der Waals surface area contributed by atoms with E-state index in [0.29, 0.717) is 0 Å². The molecule has 0 atom stereocenters. The van der Waals surface area contributed by atoms with Crippen molar-refractivity contribution < 1.29 is 17.9 Å². The van der Waals surface area contributed by atoms with E-state index < -0.39 is 16.0 Å². The summed E-state index contributed by atoms with van der Waals surface area (Å²) in [6.45, 7) is 0.140. The van der Waals surface area contributed by atoms with Crippen molar-refractivity contribution in [2.75, 3.05) is 12.8 Å². The van der Waals surface area contributed by atoms with Crippen LogP contribution in [0.4, 0.5) is 5.69 Å². The van der Waals surface area contributed by atoms with Gasteiger partial charge in [-0.2, -0.15) is 11.3 Å². The van der Waals surface area contributed by atoms with Gasteiger partial charge in [-0.3, -0.25) is 0 Å². The monoisotopic (exact) mass is 326 g/mol. The van der Waals surface area contributed by atoms with Crippen LogP contribution in [0.25, 0.3) is 0 Å². The lowest BCUT2D eigenvalue weighted by Crippen LogP contribution is -2.25. The number of esters is 1. The van der Waals surface area contributed by atoms with E-state index in [-0.39, 0.29) is 22.7 Å². The average Bonchev–Trinajstić information content (AvgIpc) is 2.98. The van der Waals surface area contributed by atoms with Crippen LogP contribution >= 0.6 is 11.3 Å². The zero-order valence-electron chi connectivity index (χ0n) is 11.2. The van der Waals surface area contributed by atoms with Crippen LogP contribution in [0, 0.1) is 0 Å². The van der Waals surface area contributed by atoms with Gasteiger partial charge in [0.2, 0.25) is 10.0 Å². The summed E-state index contributed by atoms with van der Waals surface area (Å²) in [5.41, 5.74) is 6.65. The van der Waals surface area contributed by atoms with Crippen molar-refractivity contribution in [1.82, 2.24) is 4.72 Å². The van der Waals surface area contributed by atoms with Gasteiger partial charge in [0, 0.05) is 12.2 Å². The molecule has 0 aliphatic rings. The van der Waals surface area contributed by atoms with Crippen LogP contribution in [0.1, 0.15) is 15.9 Å². The second kappa shape index (κ2) is 6.25. The van der Waals surface area contributed by atoms with Gasteiger partial charge in [-0.15, -0.1) is 0 Å². The molecule has 21 heavy (non-hydrogen) atoms. The summed E-state index contributed by atoms with van der Waals surface area (Å²) in [5, 5.41) is 3.69. The van der Waals surface area contributed by atoms with Crippen LogP contribution < -0.4 is 10.5 Å². The number of nitrogen functional groups attached to an aromatic ring is 1. The number of nitrogens with one attached hydrogen (secondary N) is 1. The first-order valence-corrected chi connectivity index (χ1v) is 8.35. The van der Waals surface area contributed by atoms with Crippen molar-refractivity contribution in [2.45, 2.75) is 11.4 Å². The van der Waals surface area contributed by atoms with Gasteiger partial charge in [0.1, 0.15) is 0 Å². The van der Waals surface area contributed by atoms with Gasteiger partial charge in [-0.1, -0.05) is 0 Å². The number of methoxy groups -OCH3 is 1. The fourth-order valence-corrected chi connectivity index (χ4v) is 3.60. The van der Waals surface area contributed by atoms with E-state index in [0.717, 1.165) is 5.56 Å². The minimum Gasteiger partial charge on any atom is -0.465 e. The number of nitrogens with two attached hydrogens (primary N) is 1. The molecule has 0 bridgehead atoms. The maximum Gasteiger partial charge on any atom is 0.339 e. The summed E-state index contributed by atoms with van der Waals surface area (Å²) in [6.07, 6.45) is 0. The van der Waals surface area contributed by atoms with Gasteiger partial charge in [-0.05, 0) is 40.6 Å². The van der Waals surface area contributed by atoms with Crippen molar-refractivity contribution >= 4 is 33.0 Å². The molecule has 1 heterocycles. The first-order valence-electron chi connectivity index (χ1n) is 5.92. The van der Waals surface area contributed by atoms with Crippen molar-refractivity contribution in [1.29, 1.82) is 0 Å². The standard InChI is InChI=1S/C13H14N2O4S2/c1-19-13(16)11-3-2-10(14)6-12(11)21(17,18)15-7-9-4-5-20-8-9/h2-6,8,15H,7,14H2,1H3. The predicted molar refractivity (Wildman–Crippen MR) is 80.5 cm³/mol. The maximum absolute atomic E-state index is 12.3. The molecule has 0 radical (unpaired) electrons. The zero-order chi connectivity index (χ0) is 15.5. The second-order valence-electron chi connectivity index (χ2n) is 4.20. The molecule has 0 unspecified atom stereocenters. The maximum atomic E-state index is 12.3. The predicted octanol–water partition coefficient (Wildman–Crippen LogP) is 1.60. The topological polar surface area (TPSA) is 98.5 Å². The van der Waals surface area contributed by atoms with Gasteiger partial charge in [0.15, 0.2) is 0 Å². The smallest absolute Gasteiger partial charge is 0.339 e. The Balaban J connectivity index is 2.34. The lowest BCUT2D eigenvalue weighted by molar-refractivity contribution is 0.0596. The molecular formula is C13H14N2O4S2. The fourth-order valence-electron chi connectivity index (χ4n) is 1.69. The number of ether oxygens (including phenoxy) is 1. The van der Waals surface area contributed by atoms with Crippen LogP contribution in [-0.4, -0.2) is 21.5 Å². The van der Waals surface area contributed by atoms with Gasteiger partial charge >= 0.3 is 5.97 Å². The highest BCUT2D eigenvalue weighted by Crippen LogP contribution is 2.20. The highest BCUT2D eigenvalue weighted by atomic mass is 32.2. The lowest BCUT2D eigenvalue weighted by atomic mass is 10.2. The number of thiophene rings is 1. The Hall–Kier alpha value is -1.90. The number of carbonyl (C=O) groups excluding carboxylic acids is 1. The van der Waals surface area contributed by atoms with E-state index in [2.05, 4.69) is 9.46 Å². The molecule has 0 saturated heterocycles. The van der Waals surface area contributed by atoms with Crippen molar-refractivity contribution in [3.63, 3.8) is 0 Å². The number of sulfonamides is 1. The minimum absolute atomic E-state index is 0.0514. The number of benzene rings is 1. The summed E-state index contributed by atoms with van der Waals surface area (Å²) in [4.78, 5) is 11.5. The molecule has 112 valence electrons. The Labute approximate surface area is 126 Å². The number of hydrogen-bond acceptors (Lipinski definition) is 6. The molecule has 0 aliphatic carbocycles. The van der Waals surface area contributed by atoms with E-state index in [1.165, 1.54) is 36.6 Å². The van der Waals surface area contributed by atoms with Crippen molar-refractivity contribution in [3.8, 4) is 0 Å². The number of rotatable bonds is 5. The first-order chi connectivity index (χ1) is 9.94. The molecular weight excluding hydrogens is 312 g/mol. The van der Waals surface area contributed by atoms with E-state index in [1.807, 2.05) is 16.8 Å². The number of hydrogen-bond donors (Lipinski definition) is 2. The zero-order valence-corrected chi connectivity index (χ0v) is 12.8. The molecule has 1 aromatic carbocycles. The van der Waals surface area contributed by atoms with E-state index in [4.69, 9.17) is 5.73 Å². The number of carbonyl (C=O) groups is 1. The first kappa shape index (κ1) is 15.5. The highest BCUT2D eigenvalue weighted by molar-refractivity contribution is 7.89. The van der Waals surface area contributed by atoms with Gasteiger partial charge in [0.05, 0.1) is 17.6 Å². The normalized spacial score (nSPS) is 11.3. The second-order valence-corrected chi connectivity index (χ2v) is 6.72. The third kappa shape index (κ3) is 3.60. The molecule has 0 fully saturated rings. The average molecular weight is 326 g/mol. The van der Waals surface area contributed by atoms with Crippen molar-refractivity contribution in [3.05, 3.63) is 46.2 Å². The molecule has 3 N–H and O–H groups in total. The summed E-state index contributed by atoms with van der Waals surface area (Å²) < 4.78 is 31.7. The highest BCUT2D eigenvalue weighted by Gasteiger charge is 2.23. The third-order valence-corrected chi connectivity index (χ3v) is 4.92. The van der Waals surface area contributed by atoms with E-state index in [9.17, 15) is 13.2 Å². The van der Waals surface area contributed by atoms with Crippen LogP contribution in [0.3, 0.4) is 0 Å². The SMILES string of the molecule is COC(=O)c1ccc(N)cc1S(=O)(=O)NCc1ccsc1. The molecule has 8 heteroatoms. The summed E-state index contributed by atoms with van der Waals surface area (Å²) >= 11 is 1.47. The molecule has 0 amide bonds. The molecule has 2 rings (SSSR count). The Morgan fingerprint density at radius 1 is 1.38 bits per heavy atom. The molecule has 0 spiro atoms. The van der Waals surface area contributed by atoms with E-state index in [1.54, 1.807) is 0 Å². The largest absolute Gasteiger partial charge is 0.465 e. The van der Waals surface area contributed by atoms with Crippen LogP contribution in [0.15, 0.2) is 39.9 Å². The van der Waals surface area contributed by atoms with Crippen LogP contribution in [-0.2, 0) is 21.3 Å². The Bertz CT molecular complexity index is 740. The number of anilines is 1. The van der Waals surface area contributed by atoms with Gasteiger partial charge in [0.25, 0.3) is 0 Å². The van der Waals surface area contributed by atoms with Crippen LogP contribution in [0.5, 0.6) is 0 Å². The van der Waals surface area contributed by atoms with Crippen molar-refractivity contribution in [2.24, 2.45) is 0 Å². The molecule has 6 nitrogen and oxygen atoms in total.